The van der Waals surface area contributed by atoms with Gasteiger partial charge in [-0.05, 0) is 55.5 Å². The van der Waals surface area contributed by atoms with Gasteiger partial charge in [0.05, 0.1) is 21.7 Å². The number of aromatic amines is 1. The van der Waals surface area contributed by atoms with Crippen molar-refractivity contribution in [3.05, 3.63) is 57.3 Å². The van der Waals surface area contributed by atoms with E-state index >= 15 is 0 Å². The summed E-state index contributed by atoms with van der Waals surface area (Å²) in [5.41, 5.74) is 5.68. The molecule has 128 valence electrons. The van der Waals surface area contributed by atoms with Crippen molar-refractivity contribution in [1.82, 2.24) is 15.4 Å². The smallest absolute Gasteiger partial charge is 0.191 e. The number of H-pyrrole nitrogens is 1. The molecule has 1 heterocycles. The molecule has 0 saturated heterocycles. The number of imidazole rings is 1. The van der Waals surface area contributed by atoms with Crippen molar-refractivity contribution in [2.75, 3.05) is 5.32 Å². The highest BCUT2D eigenvalue weighted by atomic mass is 35.5. The molecule has 5 nitrogen and oxygen atoms in total. The monoisotopic (exact) mass is 411 g/mol. The molecule has 3 N–H and O–H groups in total. The zero-order chi connectivity index (χ0) is 18.0. The molecule has 0 aliphatic carbocycles. The topological polar surface area (TPSA) is 65.1 Å². The van der Waals surface area contributed by atoms with E-state index in [1.165, 1.54) is 0 Å². The first-order valence-corrected chi connectivity index (χ1v) is 8.68. The van der Waals surface area contributed by atoms with Crippen LogP contribution < -0.4 is 10.7 Å². The van der Waals surface area contributed by atoms with Gasteiger partial charge in [0.1, 0.15) is 5.71 Å². The van der Waals surface area contributed by atoms with Crippen LogP contribution in [0, 0.1) is 0 Å². The number of fused-ring (bicyclic) bond motifs is 1. The minimum Gasteiger partial charge on any atom is -0.337 e. The summed E-state index contributed by atoms with van der Waals surface area (Å²) in [6.07, 6.45) is 0. The van der Waals surface area contributed by atoms with Gasteiger partial charge in [-0.2, -0.15) is 5.10 Å². The Morgan fingerprint density at radius 3 is 2.60 bits per heavy atom. The molecule has 0 fully saturated rings. The first-order valence-electron chi connectivity index (χ1n) is 7.14. The Morgan fingerprint density at radius 2 is 1.84 bits per heavy atom. The number of hydrogen-bond donors (Lipinski definition) is 3. The highest BCUT2D eigenvalue weighted by Crippen LogP contribution is 2.25. The van der Waals surface area contributed by atoms with Crippen LogP contribution in [0.5, 0.6) is 0 Å². The number of nitrogens with zero attached hydrogens (tertiary/aromatic N) is 2. The van der Waals surface area contributed by atoms with E-state index in [2.05, 4.69) is 25.8 Å². The molecule has 0 atom stereocenters. The Labute approximate surface area is 164 Å². The van der Waals surface area contributed by atoms with Crippen LogP contribution in [0.4, 0.5) is 5.69 Å². The molecule has 2 aromatic carbocycles. The van der Waals surface area contributed by atoms with Crippen LogP contribution >= 0.6 is 47.0 Å². The summed E-state index contributed by atoms with van der Waals surface area (Å²) in [6, 6.07) is 10.5. The van der Waals surface area contributed by atoms with E-state index in [-0.39, 0.29) is 0 Å². The second kappa shape index (κ2) is 7.58. The molecule has 0 amide bonds. The number of anilines is 1. The summed E-state index contributed by atoms with van der Waals surface area (Å²) in [6.45, 7) is 1.81. The van der Waals surface area contributed by atoms with Gasteiger partial charge < -0.3 is 10.3 Å². The summed E-state index contributed by atoms with van der Waals surface area (Å²) in [4.78, 5) is 7.61. The van der Waals surface area contributed by atoms with E-state index in [9.17, 15) is 0 Å². The highest BCUT2D eigenvalue weighted by molar-refractivity contribution is 7.80. The lowest BCUT2D eigenvalue weighted by molar-refractivity contribution is 1.03. The van der Waals surface area contributed by atoms with Crippen LogP contribution in [0.2, 0.25) is 15.1 Å². The molecule has 0 aliphatic rings. The van der Waals surface area contributed by atoms with E-state index in [1.54, 1.807) is 24.3 Å². The van der Waals surface area contributed by atoms with Crippen molar-refractivity contribution in [3.8, 4) is 0 Å². The van der Waals surface area contributed by atoms with Crippen molar-refractivity contribution in [2.45, 2.75) is 6.92 Å². The summed E-state index contributed by atoms with van der Waals surface area (Å²) < 4.78 is 0. The lowest BCUT2D eigenvalue weighted by Gasteiger charge is -2.09. The molecule has 0 radical (unpaired) electrons. The quantitative estimate of drug-likeness (QED) is 0.313. The molecule has 3 aromatic rings. The fourth-order valence-electron chi connectivity index (χ4n) is 2.08. The predicted molar refractivity (Wildman–Crippen MR) is 109 cm³/mol. The number of nitrogens with one attached hydrogen (secondary N) is 3. The molecule has 0 aliphatic heterocycles. The summed E-state index contributed by atoms with van der Waals surface area (Å²) in [5.74, 6) is 0.622. The number of aromatic nitrogens is 2. The number of hydrogen-bond acceptors (Lipinski definition) is 3. The first kappa shape index (κ1) is 17.9. The summed E-state index contributed by atoms with van der Waals surface area (Å²) >= 11 is 23.1. The number of thiocarbonyl (C=S) groups is 1. The lowest BCUT2D eigenvalue weighted by atomic mass is 10.3. The lowest BCUT2D eigenvalue weighted by Crippen LogP contribution is -2.25. The van der Waals surface area contributed by atoms with Crippen molar-refractivity contribution >= 4 is 74.6 Å². The van der Waals surface area contributed by atoms with Crippen LogP contribution in [0.3, 0.4) is 0 Å². The summed E-state index contributed by atoms with van der Waals surface area (Å²) in [5, 5.41) is 9.12. The minimum atomic E-state index is 0.294. The van der Waals surface area contributed by atoms with E-state index in [4.69, 9.17) is 47.0 Å². The first-order chi connectivity index (χ1) is 11.9. The van der Waals surface area contributed by atoms with Crippen LogP contribution in [0.1, 0.15) is 12.7 Å². The molecule has 9 heteroatoms. The number of rotatable bonds is 3. The van der Waals surface area contributed by atoms with Gasteiger partial charge in [-0.15, -0.1) is 0 Å². The van der Waals surface area contributed by atoms with Crippen LogP contribution in [0.15, 0.2) is 41.5 Å². The third-order valence-corrected chi connectivity index (χ3v) is 4.27. The minimum absolute atomic E-state index is 0.294. The molecular formula is C16H12Cl3N5S. The zero-order valence-corrected chi connectivity index (χ0v) is 16.0. The largest absolute Gasteiger partial charge is 0.337 e. The average Bonchev–Trinajstić information content (AvgIpc) is 2.98. The van der Waals surface area contributed by atoms with E-state index in [0.717, 1.165) is 11.0 Å². The molecule has 0 spiro atoms. The Bertz CT molecular complexity index is 983. The molecule has 0 saturated carbocycles. The van der Waals surface area contributed by atoms with Gasteiger partial charge >= 0.3 is 0 Å². The molecular weight excluding hydrogens is 401 g/mol. The van der Waals surface area contributed by atoms with E-state index < -0.39 is 0 Å². The maximum Gasteiger partial charge on any atom is 0.191 e. The van der Waals surface area contributed by atoms with E-state index in [1.807, 2.05) is 19.1 Å². The third kappa shape index (κ3) is 4.41. The van der Waals surface area contributed by atoms with Gasteiger partial charge in [0.2, 0.25) is 0 Å². The SMILES string of the molecule is C/C(=N\NC(=S)Nc1ccc(Cl)cc1Cl)c1nc2ccc(Cl)cc2[nH]1. The maximum absolute atomic E-state index is 6.09. The van der Waals surface area contributed by atoms with Gasteiger partial charge in [-0.1, -0.05) is 34.8 Å². The van der Waals surface area contributed by atoms with Crippen LogP contribution in [0.25, 0.3) is 11.0 Å². The van der Waals surface area contributed by atoms with Crippen molar-refractivity contribution in [2.24, 2.45) is 5.10 Å². The summed E-state index contributed by atoms with van der Waals surface area (Å²) in [7, 11) is 0. The maximum atomic E-state index is 6.09. The zero-order valence-electron chi connectivity index (χ0n) is 12.9. The Kier molecular flexibility index (Phi) is 5.44. The standard InChI is InChI=1S/C16H12Cl3N5S/c1-8(15-20-13-5-3-10(18)7-14(13)21-15)23-24-16(25)22-12-4-2-9(17)6-11(12)19/h2-7H,1H3,(H,20,21)(H2,22,24,25)/b23-8+. The number of hydrazone groups is 1. The van der Waals surface area contributed by atoms with Crippen LogP contribution in [-0.2, 0) is 0 Å². The average molecular weight is 413 g/mol. The Morgan fingerprint density at radius 1 is 1.12 bits per heavy atom. The van der Waals surface area contributed by atoms with Crippen molar-refractivity contribution in [1.29, 1.82) is 0 Å². The second-order valence-corrected chi connectivity index (χ2v) is 6.82. The van der Waals surface area contributed by atoms with Crippen LogP contribution in [-0.4, -0.2) is 20.8 Å². The Hall–Kier alpha value is -1.86. The molecule has 0 unspecified atom stereocenters. The second-order valence-electron chi connectivity index (χ2n) is 5.13. The van der Waals surface area contributed by atoms with Crippen molar-refractivity contribution < 1.29 is 0 Å². The molecule has 25 heavy (non-hydrogen) atoms. The predicted octanol–water partition coefficient (Wildman–Crippen LogP) is 5.23. The molecule has 3 rings (SSSR count). The van der Waals surface area contributed by atoms with Gasteiger partial charge in [-0.25, -0.2) is 4.98 Å². The number of halogens is 3. The number of benzene rings is 2. The Balaban J connectivity index is 1.70. The third-order valence-electron chi connectivity index (χ3n) is 3.29. The van der Waals surface area contributed by atoms with Gasteiger partial charge in [0.15, 0.2) is 10.9 Å². The normalized spacial score (nSPS) is 11.6. The van der Waals surface area contributed by atoms with Crippen molar-refractivity contribution in [3.63, 3.8) is 0 Å². The fourth-order valence-corrected chi connectivity index (χ4v) is 2.87. The molecule has 0 bridgehead atoms. The van der Waals surface area contributed by atoms with Gasteiger partial charge in [0, 0.05) is 10.0 Å². The van der Waals surface area contributed by atoms with Gasteiger partial charge in [-0.3, -0.25) is 5.43 Å². The van der Waals surface area contributed by atoms with E-state index in [0.29, 0.717) is 37.4 Å². The van der Waals surface area contributed by atoms with Gasteiger partial charge in [0.25, 0.3) is 0 Å². The molecule has 1 aromatic heterocycles. The fraction of sp³-hybridized carbons (Fsp3) is 0.0625. The highest BCUT2D eigenvalue weighted by Gasteiger charge is 2.07.